The van der Waals surface area contributed by atoms with Crippen molar-refractivity contribution in [2.24, 2.45) is 17.8 Å². The van der Waals surface area contributed by atoms with Crippen molar-refractivity contribution in [3.05, 3.63) is 66.0 Å². The third-order valence-corrected chi connectivity index (χ3v) is 9.04. The Bertz CT molecular complexity index is 1290. The number of pyridine rings is 1. The number of aromatic nitrogens is 1. The largest absolute Gasteiger partial charge is 0.390 e. The van der Waals surface area contributed by atoms with Gasteiger partial charge in [0, 0.05) is 18.9 Å². The summed E-state index contributed by atoms with van der Waals surface area (Å²) in [5.74, 6) is -4.17. The van der Waals surface area contributed by atoms with Gasteiger partial charge in [-0.3, -0.25) is 19.4 Å². The molecular formula is C32H48N4O7S. The lowest BCUT2D eigenvalue weighted by Gasteiger charge is -2.35. The minimum atomic E-state index is -3.73. The number of carbonyl (C=O) groups is 3. The van der Waals surface area contributed by atoms with E-state index >= 15 is 0 Å². The fourth-order valence-corrected chi connectivity index (χ4v) is 6.54. The highest BCUT2D eigenvalue weighted by atomic mass is 32.2. The molecular weight excluding hydrogens is 584 g/mol. The van der Waals surface area contributed by atoms with Crippen molar-refractivity contribution in [3.63, 3.8) is 0 Å². The summed E-state index contributed by atoms with van der Waals surface area (Å²) in [6.45, 7) is 9.32. The summed E-state index contributed by atoms with van der Waals surface area (Å²) in [5.41, 5.74) is 1.02. The Morgan fingerprint density at radius 2 is 1.59 bits per heavy atom. The molecule has 5 unspecified atom stereocenters. The maximum absolute atomic E-state index is 13.6. The number of amides is 3. The van der Waals surface area contributed by atoms with E-state index in [0.29, 0.717) is 12.8 Å². The summed E-state index contributed by atoms with van der Waals surface area (Å²) in [6, 6.07) is 9.78. The van der Waals surface area contributed by atoms with Crippen LogP contribution in [0.1, 0.15) is 69.8 Å². The van der Waals surface area contributed by atoms with Crippen molar-refractivity contribution >= 4 is 27.6 Å². The second-order valence-corrected chi connectivity index (χ2v) is 14.2. The SMILES string of the molecule is CCCCS(=O)(=O)CC(NC(=O)c1cccnc1)C(=O)NC(CC(C)C)C(O)C(O)C(C(=O)NCc1ccccc1)C(C)C. The van der Waals surface area contributed by atoms with Crippen LogP contribution in [0, 0.1) is 17.8 Å². The molecule has 0 bridgehead atoms. The summed E-state index contributed by atoms with van der Waals surface area (Å²) in [7, 11) is -3.73. The van der Waals surface area contributed by atoms with Gasteiger partial charge in [0.1, 0.15) is 12.1 Å². The van der Waals surface area contributed by atoms with Crippen LogP contribution in [-0.4, -0.2) is 77.1 Å². The molecule has 5 atom stereocenters. The molecule has 0 saturated heterocycles. The molecule has 0 aliphatic carbocycles. The van der Waals surface area contributed by atoms with E-state index < -0.39 is 63.5 Å². The van der Waals surface area contributed by atoms with Gasteiger partial charge in [-0.25, -0.2) is 8.42 Å². The number of aliphatic hydroxyl groups excluding tert-OH is 2. The monoisotopic (exact) mass is 632 g/mol. The quantitative estimate of drug-likeness (QED) is 0.166. The van der Waals surface area contributed by atoms with E-state index in [1.54, 1.807) is 19.9 Å². The number of rotatable bonds is 18. The molecule has 1 heterocycles. The van der Waals surface area contributed by atoms with E-state index in [4.69, 9.17) is 0 Å². The Labute approximate surface area is 261 Å². The Morgan fingerprint density at radius 1 is 0.909 bits per heavy atom. The highest BCUT2D eigenvalue weighted by molar-refractivity contribution is 7.91. The first-order chi connectivity index (χ1) is 20.8. The zero-order valence-corrected chi connectivity index (χ0v) is 27.1. The predicted octanol–water partition coefficient (Wildman–Crippen LogP) is 2.24. The molecule has 11 nitrogen and oxygen atoms in total. The van der Waals surface area contributed by atoms with Crippen molar-refractivity contribution in [2.45, 2.75) is 84.7 Å². The molecule has 44 heavy (non-hydrogen) atoms. The molecule has 2 aromatic rings. The van der Waals surface area contributed by atoms with E-state index in [9.17, 15) is 33.0 Å². The maximum atomic E-state index is 13.6. The van der Waals surface area contributed by atoms with Crippen molar-refractivity contribution in [1.82, 2.24) is 20.9 Å². The number of nitrogens with zero attached hydrogens (tertiary/aromatic N) is 1. The highest BCUT2D eigenvalue weighted by Crippen LogP contribution is 2.23. The molecule has 0 fully saturated rings. The first-order valence-corrected chi connectivity index (χ1v) is 17.0. The molecule has 1 aromatic heterocycles. The average molecular weight is 633 g/mol. The molecule has 2 rings (SSSR count). The number of carbonyl (C=O) groups excluding carboxylic acids is 3. The minimum Gasteiger partial charge on any atom is -0.390 e. The third kappa shape index (κ3) is 12.0. The molecule has 12 heteroatoms. The van der Waals surface area contributed by atoms with Gasteiger partial charge in [-0.05, 0) is 42.4 Å². The maximum Gasteiger partial charge on any atom is 0.253 e. The predicted molar refractivity (Wildman–Crippen MR) is 169 cm³/mol. The van der Waals surface area contributed by atoms with Crippen molar-refractivity contribution < 1.29 is 33.0 Å². The van der Waals surface area contributed by atoms with E-state index in [-0.39, 0.29) is 36.1 Å². The van der Waals surface area contributed by atoms with Crippen LogP contribution in [0.5, 0.6) is 0 Å². The zero-order chi connectivity index (χ0) is 32.9. The van der Waals surface area contributed by atoms with Crippen LogP contribution in [0.3, 0.4) is 0 Å². The standard InChI is InChI=1S/C32H48N4O7S/c1-6-7-16-44(42,43)20-26(36-30(39)24-14-11-15-33-19-24)31(40)35-25(17-21(2)3)28(37)29(38)27(22(4)5)32(41)34-18-23-12-9-8-10-13-23/h8-15,19,21-22,25-29,37-38H,6-7,16-18,20H2,1-5H3,(H,34,41)(H,35,40)(H,36,39). The summed E-state index contributed by atoms with van der Waals surface area (Å²) in [4.78, 5) is 43.6. The molecule has 1 aromatic carbocycles. The van der Waals surface area contributed by atoms with Gasteiger partial charge < -0.3 is 26.2 Å². The smallest absolute Gasteiger partial charge is 0.253 e. The number of unbranched alkanes of at least 4 members (excludes halogenated alkanes) is 1. The van der Waals surface area contributed by atoms with Gasteiger partial charge in [-0.2, -0.15) is 0 Å². The Balaban J connectivity index is 2.28. The van der Waals surface area contributed by atoms with Crippen molar-refractivity contribution in [3.8, 4) is 0 Å². The second-order valence-electron chi connectivity index (χ2n) is 11.9. The number of nitrogens with one attached hydrogen (secondary N) is 3. The van der Waals surface area contributed by atoms with Gasteiger partial charge in [-0.1, -0.05) is 71.4 Å². The molecule has 0 aliphatic heterocycles. The molecule has 0 radical (unpaired) electrons. The van der Waals surface area contributed by atoms with E-state index in [2.05, 4.69) is 20.9 Å². The number of hydrogen-bond donors (Lipinski definition) is 5. The van der Waals surface area contributed by atoms with Crippen LogP contribution in [0.2, 0.25) is 0 Å². The Kier molecular flexibility index (Phi) is 14.9. The lowest BCUT2D eigenvalue weighted by Crippen LogP contribution is -2.58. The van der Waals surface area contributed by atoms with E-state index in [0.717, 1.165) is 5.56 Å². The van der Waals surface area contributed by atoms with Crippen LogP contribution in [0.25, 0.3) is 0 Å². The topological polar surface area (TPSA) is 175 Å². The normalized spacial score (nSPS) is 15.2. The van der Waals surface area contributed by atoms with Crippen LogP contribution < -0.4 is 16.0 Å². The van der Waals surface area contributed by atoms with Gasteiger partial charge in [0.2, 0.25) is 11.8 Å². The van der Waals surface area contributed by atoms with Gasteiger partial charge in [0.15, 0.2) is 9.84 Å². The Morgan fingerprint density at radius 3 is 2.16 bits per heavy atom. The average Bonchev–Trinajstić information content (AvgIpc) is 2.98. The first kappa shape index (κ1) is 36.8. The number of sulfone groups is 1. The van der Waals surface area contributed by atoms with Crippen LogP contribution in [0.15, 0.2) is 54.9 Å². The Hall–Kier alpha value is -3.35. The van der Waals surface area contributed by atoms with E-state index in [1.165, 1.54) is 18.5 Å². The lowest BCUT2D eigenvalue weighted by molar-refractivity contribution is -0.137. The minimum absolute atomic E-state index is 0.0525. The third-order valence-electron chi connectivity index (χ3n) is 7.29. The summed E-state index contributed by atoms with van der Waals surface area (Å²) < 4.78 is 25.7. The fourth-order valence-electron chi connectivity index (χ4n) is 4.90. The van der Waals surface area contributed by atoms with Gasteiger partial charge in [0.05, 0.1) is 35.1 Å². The van der Waals surface area contributed by atoms with Gasteiger partial charge in [0.25, 0.3) is 5.91 Å². The summed E-state index contributed by atoms with van der Waals surface area (Å²) >= 11 is 0. The molecule has 0 saturated carbocycles. The zero-order valence-electron chi connectivity index (χ0n) is 26.3. The number of benzene rings is 1. The van der Waals surface area contributed by atoms with Crippen LogP contribution in [-0.2, 0) is 26.0 Å². The molecule has 5 N–H and O–H groups in total. The van der Waals surface area contributed by atoms with Crippen molar-refractivity contribution in [2.75, 3.05) is 11.5 Å². The number of aliphatic hydroxyl groups is 2. The molecule has 244 valence electrons. The van der Waals surface area contributed by atoms with Gasteiger partial charge >= 0.3 is 0 Å². The summed E-state index contributed by atoms with van der Waals surface area (Å²) in [6.07, 6.45) is 0.907. The van der Waals surface area contributed by atoms with Crippen LogP contribution in [0.4, 0.5) is 0 Å². The van der Waals surface area contributed by atoms with Gasteiger partial charge in [-0.15, -0.1) is 0 Å². The highest BCUT2D eigenvalue weighted by Gasteiger charge is 2.39. The molecule has 0 aliphatic rings. The summed E-state index contributed by atoms with van der Waals surface area (Å²) in [5, 5.41) is 30.7. The van der Waals surface area contributed by atoms with E-state index in [1.807, 2.05) is 51.1 Å². The first-order valence-electron chi connectivity index (χ1n) is 15.1. The molecule has 0 spiro atoms. The van der Waals surface area contributed by atoms with Crippen molar-refractivity contribution in [1.29, 1.82) is 0 Å². The van der Waals surface area contributed by atoms with Crippen LogP contribution >= 0.6 is 0 Å². The molecule has 3 amide bonds. The second kappa shape index (κ2) is 17.8. The lowest BCUT2D eigenvalue weighted by atomic mass is 9.83. The fraction of sp³-hybridized carbons (Fsp3) is 0.562. The number of hydrogen-bond acceptors (Lipinski definition) is 8.